The van der Waals surface area contributed by atoms with Crippen LogP contribution in [0.2, 0.25) is 0 Å². The number of nitrogens with zero attached hydrogens (tertiary/aromatic N) is 5. The third-order valence-electron chi connectivity index (χ3n) is 4.39. The standard InChI is InChI=1S/C17H23N5O/c1-12(2)22-16(4-6-20-22)17-15(18-7-8-19-17)10-14-5-9-21(11-14)13(3)23/h4,6-8,12,14H,5,9-11H2,1-3H3/t14-/m1/s1. The molecule has 0 unspecified atom stereocenters. The summed E-state index contributed by atoms with van der Waals surface area (Å²) in [6.07, 6.45) is 7.15. The molecule has 2 aromatic heterocycles. The highest BCUT2D eigenvalue weighted by molar-refractivity contribution is 5.73. The molecule has 1 saturated heterocycles. The van der Waals surface area contributed by atoms with Gasteiger partial charge in [0.05, 0.1) is 11.4 Å². The monoisotopic (exact) mass is 313 g/mol. The molecule has 6 heteroatoms. The molecule has 1 aliphatic heterocycles. The zero-order chi connectivity index (χ0) is 16.4. The number of carbonyl (C=O) groups excluding carboxylic acids is 1. The fraction of sp³-hybridized carbons (Fsp3) is 0.529. The third kappa shape index (κ3) is 3.25. The number of carbonyl (C=O) groups is 1. The van der Waals surface area contributed by atoms with E-state index in [1.165, 1.54) is 0 Å². The van der Waals surface area contributed by atoms with Crippen LogP contribution in [0.4, 0.5) is 0 Å². The van der Waals surface area contributed by atoms with E-state index in [2.05, 4.69) is 28.9 Å². The van der Waals surface area contributed by atoms with E-state index in [1.54, 1.807) is 25.5 Å². The molecule has 1 atom stereocenters. The summed E-state index contributed by atoms with van der Waals surface area (Å²) in [6, 6.07) is 2.26. The Hall–Kier alpha value is -2.24. The van der Waals surface area contributed by atoms with Crippen molar-refractivity contribution < 1.29 is 4.79 Å². The van der Waals surface area contributed by atoms with Crippen molar-refractivity contribution in [1.29, 1.82) is 0 Å². The molecule has 1 aliphatic rings. The second-order valence-electron chi connectivity index (χ2n) is 6.43. The molecule has 0 bridgehead atoms. The summed E-state index contributed by atoms with van der Waals surface area (Å²) in [4.78, 5) is 22.5. The molecule has 0 saturated carbocycles. The highest BCUT2D eigenvalue weighted by atomic mass is 16.2. The minimum absolute atomic E-state index is 0.157. The van der Waals surface area contributed by atoms with E-state index < -0.39 is 0 Å². The van der Waals surface area contributed by atoms with Gasteiger partial charge in [0.2, 0.25) is 5.91 Å². The zero-order valence-corrected chi connectivity index (χ0v) is 13.9. The van der Waals surface area contributed by atoms with Crippen molar-refractivity contribution in [3.8, 4) is 11.4 Å². The van der Waals surface area contributed by atoms with E-state index in [0.29, 0.717) is 5.92 Å². The van der Waals surface area contributed by atoms with Crippen LogP contribution in [0.5, 0.6) is 0 Å². The minimum atomic E-state index is 0.157. The van der Waals surface area contributed by atoms with Crippen molar-refractivity contribution in [2.24, 2.45) is 5.92 Å². The van der Waals surface area contributed by atoms with Crippen LogP contribution in [0.1, 0.15) is 38.9 Å². The maximum Gasteiger partial charge on any atom is 0.219 e. The Kier molecular flexibility index (Phi) is 4.41. The molecule has 0 aliphatic carbocycles. The van der Waals surface area contributed by atoms with Crippen LogP contribution in [0.15, 0.2) is 24.7 Å². The van der Waals surface area contributed by atoms with Crippen LogP contribution in [-0.2, 0) is 11.2 Å². The fourth-order valence-corrected chi connectivity index (χ4v) is 3.20. The molecular formula is C17H23N5O. The summed E-state index contributed by atoms with van der Waals surface area (Å²) < 4.78 is 1.98. The van der Waals surface area contributed by atoms with Crippen LogP contribution in [0.25, 0.3) is 11.4 Å². The summed E-state index contributed by atoms with van der Waals surface area (Å²) in [5.74, 6) is 0.606. The van der Waals surface area contributed by atoms with Crippen molar-refractivity contribution >= 4 is 5.91 Å². The van der Waals surface area contributed by atoms with Crippen LogP contribution in [0.3, 0.4) is 0 Å². The summed E-state index contributed by atoms with van der Waals surface area (Å²) in [5, 5.41) is 4.40. The highest BCUT2D eigenvalue weighted by Crippen LogP contribution is 2.27. The van der Waals surface area contributed by atoms with E-state index in [1.807, 2.05) is 15.6 Å². The minimum Gasteiger partial charge on any atom is -0.343 e. The molecule has 0 aromatic carbocycles. The predicted octanol–water partition coefficient (Wildman–Crippen LogP) is 2.33. The van der Waals surface area contributed by atoms with Gasteiger partial charge < -0.3 is 4.90 Å². The summed E-state index contributed by atoms with van der Waals surface area (Å²) in [7, 11) is 0. The predicted molar refractivity (Wildman–Crippen MR) is 87.7 cm³/mol. The average Bonchev–Trinajstić information content (AvgIpc) is 3.16. The number of aromatic nitrogens is 4. The largest absolute Gasteiger partial charge is 0.343 e. The van der Waals surface area contributed by atoms with E-state index in [0.717, 1.165) is 43.0 Å². The molecule has 0 spiro atoms. The molecule has 3 heterocycles. The number of rotatable bonds is 4. The highest BCUT2D eigenvalue weighted by Gasteiger charge is 2.26. The quantitative estimate of drug-likeness (QED) is 0.869. The number of hydrogen-bond donors (Lipinski definition) is 0. The van der Waals surface area contributed by atoms with Crippen molar-refractivity contribution in [3.05, 3.63) is 30.4 Å². The second-order valence-corrected chi connectivity index (χ2v) is 6.43. The summed E-state index contributed by atoms with van der Waals surface area (Å²) in [6.45, 7) is 7.51. The molecule has 23 heavy (non-hydrogen) atoms. The Balaban J connectivity index is 1.84. The van der Waals surface area contributed by atoms with Gasteiger partial charge in [-0.15, -0.1) is 0 Å². The van der Waals surface area contributed by atoms with Gasteiger partial charge in [-0.1, -0.05) is 0 Å². The molecule has 1 amide bonds. The first-order chi connectivity index (χ1) is 11.1. The Bertz CT molecular complexity index is 694. The Morgan fingerprint density at radius 3 is 2.78 bits per heavy atom. The maximum absolute atomic E-state index is 11.5. The van der Waals surface area contributed by atoms with Gasteiger partial charge in [0, 0.05) is 44.6 Å². The van der Waals surface area contributed by atoms with Crippen molar-refractivity contribution in [2.45, 2.75) is 39.7 Å². The van der Waals surface area contributed by atoms with E-state index >= 15 is 0 Å². The van der Waals surface area contributed by atoms with Crippen LogP contribution >= 0.6 is 0 Å². The molecule has 6 nitrogen and oxygen atoms in total. The summed E-state index contributed by atoms with van der Waals surface area (Å²) >= 11 is 0. The summed E-state index contributed by atoms with van der Waals surface area (Å²) in [5.41, 5.74) is 2.90. The van der Waals surface area contributed by atoms with E-state index in [-0.39, 0.29) is 11.9 Å². The smallest absolute Gasteiger partial charge is 0.219 e. The average molecular weight is 313 g/mol. The maximum atomic E-state index is 11.5. The third-order valence-corrected chi connectivity index (χ3v) is 4.39. The molecule has 2 aromatic rings. The lowest BCUT2D eigenvalue weighted by atomic mass is 10.0. The van der Waals surface area contributed by atoms with Gasteiger partial charge in [-0.3, -0.25) is 19.4 Å². The Labute approximate surface area is 136 Å². The fourth-order valence-electron chi connectivity index (χ4n) is 3.20. The first-order valence-electron chi connectivity index (χ1n) is 8.15. The Morgan fingerprint density at radius 1 is 1.30 bits per heavy atom. The van der Waals surface area contributed by atoms with Gasteiger partial charge in [0.15, 0.2) is 0 Å². The second kappa shape index (κ2) is 6.48. The van der Waals surface area contributed by atoms with Crippen molar-refractivity contribution in [1.82, 2.24) is 24.6 Å². The van der Waals surface area contributed by atoms with Gasteiger partial charge >= 0.3 is 0 Å². The topological polar surface area (TPSA) is 63.9 Å². The normalized spacial score (nSPS) is 17.9. The van der Waals surface area contributed by atoms with Gasteiger partial charge in [0.25, 0.3) is 0 Å². The van der Waals surface area contributed by atoms with Crippen LogP contribution in [0, 0.1) is 5.92 Å². The molecule has 122 valence electrons. The SMILES string of the molecule is CC(=O)N1CC[C@H](Cc2nccnc2-c2ccnn2C(C)C)C1. The molecule has 1 fully saturated rings. The first-order valence-corrected chi connectivity index (χ1v) is 8.15. The van der Waals surface area contributed by atoms with Gasteiger partial charge in [-0.2, -0.15) is 5.10 Å². The van der Waals surface area contributed by atoms with Gasteiger partial charge in [-0.25, -0.2) is 0 Å². The Morgan fingerprint density at radius 2 is 2.09 bits per heavy atom. The van der Waals surface area contributed by atoms with Crippen LogP contribution in [-0.4, -0.2) is 43.6 Å². The zero-order valence-electron chi connectivity index (χ0n) is 13.9. The molecular weight excluding hydrogens is 290 g/mol. The lowest BCUT2D eigenvalue weighted by Crippen LogP contribution is -2.26. The van der Waals surface area contributed by atoms with Crippen LogP contribution < -0.4 is 0 Å². The lowest BCUT2D eigenvalue weighted by molar-refractivity contribution is -0.127. The van der Waals surface area contributed by atoms with Gasteiger partial charge in [-0.05, 0) is 38.7 Å². The first kappa shape index (κ1) is 15.6. The molecule has 0 radical (unpaired) electrons. The van der Waals surface area contributed by atoms with Crippen molar-refractivity contribution in [2.75, 3.05) is 13.1 Å². The number of likely N-dealkylation sites (tertiary alicyclic amines) is 1. The van der Waals surface area contributed by atoms with E-state index in [9.17, 15) is 4.79 Å². The molecule has 3 rings (SSSR count). The number of hydrogen-bond acceptors (Lipinski definition) is 4. The van der Waals surface area contributed by atoms with Gasteiger partial charge in [0.1, 0.15) is 5.69 Å². The van der Waals surface area contributed by atoms with E-state index in [4.69, 9.17) is 0 Å². The molecule has 0 N–H and O–H groups in total. The lowest BCUT2D eigenvalue weighted by Gasteiger charge is -2.16. The number of amides is 1. The van der Waals surface area contributed by atoms with Crippen molar-refractivity contribution in [3.63, 3.8) is 0 Å².